The van der Waals surface area contributed by atoms with E-state index in [-0.39, 0.29) is 11.5 Å². The average molecular weight is 391 g/mol. The lowest BCUT2D eigenvalue weighted by Gasteiger charge is -2.20. The van der Waals surface area contributed by atoms with E-state index in [2.05, 4.69) is 15.0 Å². The topological polar surface area (TPSA) is 117 Å². The summed E-state index contributed by atoms with van der Waals surface area (Å²) in [5, 5.41) is 9.15. The first-order valence-corrected chi connectivity index (χ1v) is 9.80. The van der Waals surface area contributed by atoms with E-state index in [1.807, 2.05) is 0 Å². The molecular formula is C17H21N5O4S. The quantitative estimate of drug-likeness (QED) is 0.812. The van der Waals surface area contributed by atoms with Crippen molar-refractivity contribution >= 4 is 16.2 Å². The van der Waals surface area contributed by atoms with Crippen molar-refractivity contribution in [3.63, 3.8) is 0 Å². The molecule has 2 aromatic rings. The highest BCUT2D eigenvalue weighted by molar-refractivity contribution is 7.86. The number of hydrogen-bond donors (Lipinski definition) is 1. The molecule has 0 amide bonds. The molecule has 9 nitrogen and oxygen atoms in total. The normalized spacial score (nSPS) is 18.1. The number of pyridine rings is 1. The van der Waals surface area contributed by atoms with Crippen molar-refractivity contribution < 1.29 is 18.3 Å². The van der Waals surface area contributed by atoms with Gasteiger partial charge in [-0.2, -0.15) is 17.0 Å². The van der Waals surface area contributed by atoms with Crippen LogP contribution in [0.15, 0.2) is 24.5 Å². The van der Waals surface area contributed by atoms with E-state index in [0.29, 0.717) is 36.6 Å². The van der Waals surface area contributed by atoms with Crippen LogP contribution in [0.5, 0.6) is 0 Å². The van der Waals surface area contributed by atoms with Gasteiger partial charge < -0.3 is 5.11 Å². The van der Waals surface area contributed by atoms with Crippen molar-refractivity contribution in [1.82, 2.24) is 23.6 Å². The van der Waals surface area contributed by atoms with Crippen molar-refractivity contribution in [1.29, 1.82) is 0 Å². The smallest absolute Gasteiger partial charge is 0.337 e. The van der Waals surface area contributed by atoms with Gasteiger partial charge in [0.25, 0.3) is 10.2 Å². The number of nitrogens with zero attached hydrogens (tertiary/aromatic N) is 5. The third kappa shape index (κ3) is 3.97. The Kier molecular flexibility index (Phi) is 5.22. The van der Waals surface area contributed by atoms with Crippen molar-refractivity contribution in [2.45, 2.75) is 19.3 Å². The molecule has 1 atom stereocenters. The zero-order valence-corrected chi connectivity index (χ0v) is 16.1. The van der Waals surface area contributed by atoms with Gasteiger partial charge in [-0.1, -0.05) is 0 Å². The highest BCUT2D eigenvalue weighted by atomic mass is 32.2. The van der Waals surface area contributed by atoms with Gasteiger partial charge in [0.2, 0.25) is 0 Å². The Bertz CT molecular complexity index is 977. The maximum absolute atomic E-state index is 12.3. The second-order valence-electron chi connectivity index (χ2n) is 6.63. The third-order valence-corrected chi connectivity index (χ3v) is 6.40. The summed E-state index contributed by atoms with van der Waals surface area (Å²) in [6.45, 7) is 2.54. The molecule has 1 saturated heterocycles. The van der Waals surface area contributed by atoms with Crippen LogP contribution in [0, 0.1) is 6.92 Å². The van der Waals surface area contributed by atoms with Crippen LogP contribution in [0.1, 0.15) is 34.2 Å². The standard InChI is InChI=1S/C17H21N5O4S/c1-11-19-15(12-4-5-22(10-12)27(25,26)21(2)3)7-16(20-11)13-6-14(17(23)24)9-18-8-13/h6-9,12H,4-5,10H2,1-3H3,(H,23,24). The molecule has 0 spiro atoms. The van der Waals surface area contributed by atoms with Gasteiger partial charge in [0, 0.05) is 56.8 Å². The van der Waals surface area contributed by atoms with E-state index in [4.69, 9.17) is 5.11 Å². The summed E-state index contributed by atoms with van der Waals surface area (Å²) < 4.78 is 27.3. The largest absolute Gasteiger partial charge is 0.478 e. The molecule has 0 aliphatic carbocycles. The highest BCUT2D eigenvalue weighted by Gasteiger charge is 2.34. The Hall–Kier alpha value is -2.43. The van der Waals surface area contributed by atoms with E-state index in [9.17, 15) is 13.2 Å². The molecule has 2 aromatic heterocycles. The van der Waals surface area contributed by atoms with E-state index >= 15 is 0 Å². The van der Waals surface area contributed by atoms with Gasteiger partial charge in [0.15, 0.2) is 0 Å². The summed E-state index contributed by atoms with van der Waals surface area (Å²) >= 11 is 0. The Labute approximate surface area is 157 Å². The van der Waals surface area contributed by atoms with Gasteiger partial charge in [-0.15, -0.1) is 0 Å². The number of aryl methyl sites for hydroxylation is 1. The second-order valence-corrected chi connectivity index (χ2v) is 8.77. The molecule has 1 N–H and O–H groups in total. The minimum absolute atomic E-state index is 0.0456. The molecule has 0 bridgehead atoms. The highest BCUT2D eigenvalue weighted by Crippen LogP contribution is 2.30. The van der Waals surface area contributed by atoms with Gasteiger partial charge in [0.05, 0.1) is 11.3 Å². The van der Waals surface area contributed by atoms with Crippen LogP contribution in [-0.2, 0) is 10.2 Å². The zero-order chi connectivity index (χ0) is 19.8. The lowest BCUT2D eigenvalue weighted by Crippen LogP contribution is -2.38. The molecule has 3 rings (SSSR count). The van der Waals surface area contributed by atoms with Crippen molar-refractivity contribution in [3.8, 4) is 11.3 Å². The van der Waals surface area contributed by atoms with Crippen LogP contribution < -0.4 is 0 Å². The van der Waals surface area contributed by atoms with E-state index in [1.165, 1.54) is 35.0 Å². The Morgan fingerprint density at radius 1 is 1.26 bits per heavy atom. The molecule has 3 heterocycles. The lowest BCUT2D eigenvalue weighted by atomic mass is 10.0. The zero-order valence-electron chi connectivity index (χ0n) is 15.3. The maximum Gasteiger partial charge on any atom is 0.337 e. The summed E-state index contributed by atoms with van der Waals surface area (Å²) in [5.41, 5.74) is 1.98. The number of carboxylic acid groups (broad SMARTS) is 1. The van der Waals surface area contributed by atoms with Gasteiger partial charge in [-0.3, -0.25) is 4.98 Å². The van der Waals surface area contributed by atoms with Crippen molar-refractivity contribution in [2.75, 3.05) is 27.2 Å². The van der Waals surface area contributed by atoms with Crippen LogP contribution in [-0.4, -0.2) is 70.2 Å². The lowest BCUT2D eigenvalue weighted by molar-refractivity contribution is 0.0696. The van der Waals surface area contributed by atoms with Crippen molar-refractivity contribution in [2.24, 2.45) is 0 Å². The molecule has 10 heteroatoms. The SMILES string of the molecule is Cc1nc(-c2cncc(C(=O)O)c2)cc(C2CCN(S(=O)(=O)N(C)C)C2)n1. The summed E-state index contributed by atoms with van der Waals surface area (Å²) in [6, 6.07) is 3.30. The molecule has 0 radical (unpaired) electrons. The summed E-state index contributed by atoms with van der Waals surface area (Å²) in [5.74, 6) is -0.566. The monoisotopic (exact) mass is 391 g/mol. The fraction of sp³-hybridized carbons (Fsp3) is 0.412. The van der Waals surface area contributed by atoms with Crippen LogP contribution in [0.4, 0.5) is 0 Å². The number of carbonyl (C=O) groups is 1. The van der Waals surface area contributed by atoms with E-state index in [0.717, 1.165) is 5.69 Å². The van der Waals surface area contributed by atoms with E-state index < -0.39 is 16.2 Å². The van der Waals surface area contributed by atoms with Crippen LogP contribution in [0.3, 0.4) is 0 Å². The molecule has 1 aliphatic heterocycles. The minimum Gasteiger partial charge on any atom is -0.478 e. The fourth-order valence-electron chi connectivity index (χ4n) is 3.05. The second kappa shape index (κ2) is 7.29. The summed E-state index contributed by atoms with van der Waals surface area (Å²) in [7, 11) is -0.433. The van der Waals surface area contributed by atoms with Crippen LogP contribution in [0.25, 0.3) is 11.3 Å². The number of aromatic nitrogens is 3. The first-order valence-electron chi connectivity index (χ1n) is 8.40. The first kappa shape index (κ1) is 19.3. The molecule has 27 heavy (non-hydrogen) atoms. The number of hydrogen-bond acceptors (Lipinski definition) is 6. The average Bonchev–Trinajstić information content (AvgIpc) is 3.12. The molecule has 0 aromatic carbocycles. The number of aromatic carboxylic acids is 1. The summed E-state index contributed by atoms with van der Waals surface area (Å²) in [4.78, 5) is 24.0. The summed E-state index contributed by atoms with van der Waals surface area (Å²) in [6.07, 6.45) is 3.49. The minimum atomic E-state index is -3.46. The van der Waals surface area contributed by atoms with Gasteiger partial charge in [0.1, 0.15) is 5.82 Å². The Morgan fingerprint density at radius 3 is 2.67 bits per heavy atom. The first-order chi connectivity index (χ1) is 12.7. The fourth-order valence-corrected chi connectivity index (χ4v) is 4.22. The maximum atomic E-state index is 12.3. The number of carboxylic acids is 1. The predicted molar refractivity (Wildman–Crippen MR) is 98.5 cm³/mol. The molecule has 1 aliphatic rings. The van der Waals surface area contributed by atoms with E-state index in [1.54, 1.807) is 19.2 Å². The third-order valence-electron chi connectivity index (χ3n) is 4.50. The Morgan fingerprint density at radius 2 is 2.00 bits per heavy atom. The Balaban J connectivity index is 1.91. The van der Waals surface area contributed by atoms with Gasteiger partial charge in [-0.05, 0) is 25.5 Å². The molecule has 1 unspecified atom stereocenters. The van der Waals surface area contributed by atoms with Crippen molar-refractivity contribution in [3.05, 3.63) is 41.6 Å². The number of rotatable bonds is 5. The molecular weight excluding hydrogens is 370 g/mol. The van der Waals surface area contributed by atoms with Crippen LogP contribution in [0.2, 0.25) is 0 Å². The predicted octanol–water partition coefficient (Wildman–Crippen LogP) is 1.14. The molecule has 1 fully saturated rings. The van der Waals surface area contributed by atoms with Gasteiger partial charge in [-0.25, -0.2) is 14.8 Å². The molecule has 144 valence electrons. The molecule has 0 saturated carbocycles. The van der Waals surface area contributed by atoms with Crippen LogP contribution >= 0.6 is 0 Å². The van der Waals surface area contributed by atoms with Gasteiger partial charge >= 0.3 is 5.97 Å².